The van der Waals surface area contributed by atoms with Gasteiger partial charge in [0.1, 0.15) is 0 Å². The van der Waals surface area contributed by atoms with Crippen molar-refractivity contribution in [2.45, 2.75) is 58.2 Å². The first-order chi connectivity index (χ1) is 5.58. The minimum Gasteiger partial charge on any atom is -0.328 e. The first-order valence-electron chi connectivity index (χ1n) is 5.09. The van der Waals surface area contributed by atoms with Gasteiger partial charge in [0.25, 0.3) is 0 Å². The van der Waals surface area contributed by atoms with Gasteiger partial charge in [-0.25, -0.2) is 0 Å². The molecule has 0 aromatic rings. The Kier molecular flexibility index (Phi) is 3.53. The molecule has 0 aromatic carbocycles. The van der Waals surface area contributed by atoms with E-state index in [0.29, 0.717) is 18.1 Å². The highest BCUT2D eigenvalue weighted by Crippen LogP contribution is 2.17. The lowest BCUT2D eigenvalue weighted by Gasteiger charge is -2.33. The Labute approximate surface area is 75.9 Å². The van der Waals surface area contributed by atoms with E-state index in [4.69, 9.17) is 5.73 Å². The molecule has 0 aromatic heterocycles. The molecule has 12 heavy (non-hydrogen) atoms. The molecule has 0 spiro atoms. The van der Waals surface area contributed by atoms with Crippen molar-refractivity contribution in [1.29, 1.82) is 0 Å². The predicted molar refractivity (Wildman–Crippen MR) is 53.1 cm³/mol. The standard InChI is InChI=1S/C10H22N2/c1-7(2)4-10-6-9(11)5-8(3)12-10/h7-10,12H,4-6,11H2,1-3H3/t8-,9+,10+/m0/s1. The van der Waals surface area contributed by atoms with Gasteiger partial charge in [-0.3, -0.25) is 0 Å². The molecule has 72 valence electrons. The third-order valence-corrected chi connectivity index (χ3v) is 2.52. The molecule has 1 saturated heterocycles. The number of rotatable bonds is 2. The molecule has 1 aliphatic heterocycles. The lowest BCUT2D eigenvalue weighted by atomic mass is 9.90. The topological polar surface area (TPSA) is 38.0 Å². The fraction of sp³-hybridized carbons (Fsp3) is 1.00. The Morgan fingerprint density at radius 2 is 2.08 bits per heavy atom. The molecule has 1 rings (SSSR count). The average Bonchev–Trinajstić information content (AvgIpc) is 1.81. The van der Waals surface area contributed by atoms with Crippen molar-refractivity contribution in [2.24, 2.45) is 11.7 Å². The summed E-state index contributed by atoms with van der Waals surface area (Å²) in [6.07, 6.45) is 3.55. The van der Waals surface area contributed by atoms with E-state index in [0.717, 1.165) is 18.8 Å². The van der Waals surface area contributed by atoms with Crippen LogP contribution in [0, 0.1) is 5.92 Å². The number of piperidine rings is 1. The first kappa shape index (κ1) is 10.0. The van der Waals surface area contributed by atoms with Gasteiger partial charge >= 0.3 is 0 Å². The van der Waals surface area contributed by atoms with Crippen LogP contribution in [0.3, 0.4) is 0 Å². The summed E-state index contributed by atoms with van der Waals surface area (Å²) in [4.78, 5) is 0. The largest absolute Gasteiger partial charge is 0.328 e. The van der Waals surface area contributed by atoms with Crippen LogP contribution in [0.4, 0.5) is 0 Å². The molecule has 3 N–H and O–H groups in total. The molecule has 0 radical (unpaired) electrons. The molecule has 3 atom stereocenters. The highest BCUT2D eigenvalue weighted by atomic mass is 15.0. The van der Waals surface area contributed by atoms with Gasteiger partial charge in [0.15, 0.2) is 0 Å². The zero-order chi connectivity index (χ0) is 9.14. The van der Waals surface area contributed by atoms with Crippen LogP contribution in [0.1, 0.15) is 40.0 Å². The maximum Gasteiger partial charge on any atom is 0.00867 e. The second-order valence-electron chi connectivity index (χ2n) is 4.63. The van der Waals surface area contributed by atoms with Crippen LogP contribution in [0.2, 0.25) is 0 Å². The molecular weight excluding hydrogens is 148 g/mol. The Balaban J connectivity index is 2.34. The van der Waals surface area contributed by atoms with Crippen molar-refractivity contribution < 1.29 is 0 Å². The number of nitrogens with two attached hydrogens (primary N) is 1. The minimum absolute atomic E-state index is 0.421. The maximum atomic E-state index is 5.95. The lowest BCUT2D eigenvalue weighted by molar-refractivity contribution is 0.273. The van der Waals surface area contributed by atoms with E-state index in [2.05, 4.69) is 26.1 Å². The molecule has 1 fully saturated rings. The van der Waals surface area contributed by atoms with Crippen LogP contribution < -0.4 is 11.1 Å². The van der Waals surface area contributed by atoms with Crippen LogP contribution in [-0.2, 0) is 0 Å². The SMILES string of the molecule is CC(C)C[C@@H]1C[C@H](N)C[C@H](C)N1. The average molecular weight is 170 g/mol. The molecule has 1 aliphatic rings. The van der Waals surface area contributed by atoms with E-state index >= 15 is 0 Å². The highest BCUT2D eigenvalue weighted by Gasteiger charge is 2.23. The zero-order valence-corrected chi connectivity index (χ0v) is 8.51. The predicted octanol–water partition coefficient (Wildman–Crippen LogP) is 1.50. The molecule has 2 heteroatoms. The summed E-state index contributed by atoms with van der Waals surface area (Å²) in [6.45, 7) is 6.77. The van der Waals surface area contributed by atoms with Crippen LogP contribution in [-0.4, -0.2) is 18.1 Å². The summed E-state index contributed by atoms with van der Waals surface area (Å²) in [5, 5.41) is 3.60. The molecule has 1 heterocycles. The van der Waals surface area contributed by atoms with E-state index in [-0.39, 0.29) is 0 Å². The van der Waals surface area contributed by atoms with Crippen molar-refractivity contribution in [1.82, 2.24) is 5.32 Å². The smallest absolute Gasteiger partial charge is 0.00867 e. The number of hydrogen-bond acceptors (Lipinski definition) is 2. The van der Waals surface area contributed by atoms with E-state index in [1.54, 1.807) is 0 Å². The fourth-order valence-electron chi connectivity index (χ4n) is 2.19. The van der Waals surface area contributed by atoms with Gasteiger partial charge in [-0.05, 0) is 32.1 Å². The second-order valence-corrected chi connectivity index (χ2v) is 4.63. The minimum atomic E-state index is 0.421. The van der Waals surface area contributed by atoms with Gasteiger partial charge in [-0.2, -0.15) is 0 Å². The third kappa shape index (κ3) is 3.11. The zero-order valence-electron chi connectivity index (χ0n) is 8.51. The molecular formula is C10H22N2. The van der Waals surface area contributed by atoms with Crippen molar-refractivity contribution in [2.75, 3.05) is 0 Å². The van der Waals surface area contributed by atoms with Gasteiger partial charge in [-0.1, -0.05) is 13.8 Å². The van der Waals surface area contributed by atoms with Crippen molar-refractivity contribution >= 4 is 0 Å². The van der Waals surface area contributed by atoms with E-state index < -0.39 is 0 Å². The molecule has 0 unspecified atom stereocenters. The quantitative estimate of drug-likeness (QED) is 0.659. The fourth-order valence-corrected chi connectivity index (χ4v) is 2.19. The van der Waals surface area contributed by atoms with Gasteiger partial charge in [0.2, 0.25) is 0 Å². The Hall–Kier alpha value is -0.0800. The second kappa shape index (κ2) is 4.24. The van der Waals surface area contributed by atoms with Crippen molar-refractivity contribution in [3.05, 3.63) is 0 Å². The Bertz CT molecular complexity index is 121. The van der Waals surface area contributed by atoms with Crippen LogP contribution >= 0.6 is 0 Å². The van der Waals surface area contributed by atoms with Crippen LogP contribution in [0.15, 0.2) is 0 Å². The summed E-state index contributed by atoms with van der Waals surface area (Å²) >= 11 is 0. The first-order valence-corrected chi connectivity index (χ1v) is 5.09. The Morgan fingerprint density at radius 1 is 1.42 bits per heavy atom. The molecule has 2 nitrogen and oxygen atoms in total. The van der Waals surface area contributed by atoms with E-state index in [9.17, 15) is 0 Å². The number of hydrogen-bond donors (Lipinski definition) is 2. The highest BCUT2D eigenvalue weighted by molar-refractivity contribution is 4.85. The summed E-state index contributed by atoms with van der Waals surface area (Å²) in [5.41, 5.74) is 5.95. The van der Waals surface area contributed by atoms with Gasteiger partial charge in [-0.15, -0.1) is 0 Å². The molecule has 0 bridgehead atoms. The number of nitrogens with one attached hydrogen (secondary N) is 1. The Morgan fingerprint density at radius 3 is 2.58 bits per heavy atom. The van der Waals surface area contributed by atoms with Crippen molar-refractivity contribution in [3.8, 4) is 0 Å². The van der Waals surface area contributed by atoms with Crippen LogP contribution in [0.5, 0.6) is 0 Å². The lowest BCUT2D eigenvalue weighted by Crippen LogP contribution is -2.49. The summed E-state index contributed by atoms with van der Waals surface area (Å²) in [7, 11) is 0. The summed E-state index contributed by atoms with van der Waals surface area (Å²) in [6, 6.07) is 1.69. The van der Waals surface area contributed by atoms with Gasteiger partial charge < -0.3 is 11.1 Å². The van der Waals surface area contributed by atoms with E-state index in [1.165, 1.54) is 6.42 Å². The summed E-state index contributed by atoms with van der Waals surface area (Å²) in [5.74, 6) is 0.778. The maximum absolute atomic E-state index is 5.95. The third-order valence-electron chi connectivity index (χ3n) is 2.52. The molecule has 0 amide bonds. The van der Waals surface area contributed by atoms with Gasteiger partial charge in [0, 0.05) is 18.1 Å². The summed E-state index contributed by atoms with van der Waals surface area (Å²) < 4.78 is 0. The van der Waals surface area contributed by atoms with Gasteiger partial charge in [0.05, 0.1) is 0 Å². The van der Waals surface area contributed by atoms with Crippen molar-refractivity contribution in [3.63, 3.8) is 0 Å². The molecule has 0 aliphatic carbocycles. The monoisotopic (exact) mass is 170 g/mol. The molecule has 0 saturated carbocycles. The van der Waals surface area contributed by atoms with Crippen LogP contribution in [0.25, 0.3) is 0 Å². The van der Waals surface area contributed by atoms with E-state index in [1.807, 2.05) is 0 Å². The normalized spacial score (nSPS) is 37.2.